The molecule has 32 heavy (non-hydrogen) atoms. The maximum absolute atomic E-state index is 13.1. The Kier molecular flexibility index (Phi) is 7.06. The first-order valence-electron chi connectivity index (χ1n) is 9.55. The van der Waals surface area contributed by atoms with Crippen LogP contribution in [0, 0.1) is 5.82 Å². The Labute approximate surface area is 184 Å². The lowest BCUT2D eigenvalue weighted by molar-refractivity contribution is 0.103. The molecule has 0 aliphatic rings. The molecule has 168 valence electrons. The van der Waals surface area contributed by atoms with E-state index in [4.69, 9.17) is 10.5 Å². The van der Waals surface area contributed by atoms with Gasteiger partial charge in [-0.25, -0.2) is 4.39 Å². The van der Waals surface area contributed by atoms with E-state index >= 15 is 0 Å². The van der Waals surface area contributed by atoms with Crippen LogP contribution < -0.4 is 16.0 Å². The quantitative estimate of drug-likeness (QED) is 0.296. The zero-order valence-corrected chi connectivity index (χ0v) is 18.0. The molecule has 0 radical (unpaired) electrons. The van der Waals surface area contributed by atoms with Crippen LogP contribution in [0.5, 0.6) is 5.75 Å². The third kappa shape index (κ3) is 5.80. The molecule has 2 aromatic carbocycles. The van der Waals surface area contributed by atoms with Gasteiger partial charge in [-0.2, -0.15) is 8.42 Å². The zero-order chi connectivity index (χ0) is 23.3. The van der Waals surface area contributed by atoms with E-state index in [-0.39, 0.29) is 30.2 Å². The van der Waals surface area contributed by atoms with Gasteiger partial charge in [0.2, 0.25) is 0 Å². The van der Waals surface area contributed by atoms with E-state index in [2.05, 4.69) is 4.18 Å². The molecular formula is C22H21FN2O6S. The van der Waals surface area contributed by atoms with Crippen molar-refractivity contribution in [2.24, 2.45) is 0 Å². The molecule has 1 heterocycles. The van der Waals surface area contributed by atoms with Gasteiger partial charge in [0.1, 0.15) is 17.4 Å². The number of ketones is 1. The molecule has 0 saturated heterocycles. The summed E-state index contributed by atoms with van der Waals surface area (Å²) in [4.78, 5) is 25.2. The first kappa shape index (κ1) is 23.2. The van der Waals surface area contributed by atoms with Gasteiger partial charge in [-0.05, 0) is 54.6 Å². The molecule has 0 unspecified atom stereocenters. The average molecular weight is 460 g/mol. The first-order valence-corrected chi connectivity index (χ1v) is 11.4. The van der Waals surface area contributed by atoms with E-state index < -0.39 is 27.3 Å². The number of hydrogen-bond donors (Lipinski definition) is 1. The molecular weight excluding hydrogens is 439 g/mol. The van der Waals surface area contributed by atoms with Crippen molar-refractivity contribution in [1.82, 2.24) is 4.57 Å². The van der Waals surface area contributed by atoms with Gasteiger partial charge < -0.3 is 10.5 Å². The second-order valence-electron chi connectivity index (χ2n) is 6.86. The van der Waals surface area contributed by atoms with E-state index in [0.29, 0.717) is 17.9 Å². The smallest absolute Gasteiger partial charge is 0.264 e. The molecule has 8 nitrogen and oxygen atoms in total. The van der Waals surface area contributed by atoms with Crippen molar-refractivity contribution in [1.29, 1.82) is 0 Å². The van der Waals surface area contributed by atoms with Crippen LogP contribution in [0.1, 0.15) is 22.3 Å². The second-order valence-corrected chi connectivity index (χ2v) is 8.51. The van der Waals surface area contributed by atoms with E-state index in [0.717, 1.165) is 6.26 Å². The van der Waals surface area contributed by atoms with Crippen molar-refractivity contribution in [2.45, 2.75) is 6.42 Å². The molecule has 0 fully saturated rings. The van der Waals surface area contributed by atoms with Crippen molar-refractivity contribution >= 4 is 21.7 Å². The van der Waals surface area contributed by atoms with Crippen molar-refractivity contribution in [3.63, 3.8) is 0 Å². The number of aromatic nitrogens is 1. The summed E-state index contributed by atoms with van der Waals surface area (Å²) in [7, 11) is -3.48. The number of carbonyl (C=O) groups is 1. The molecule has 0 aliphatic heterocycles. The Morgan fingerprint density at radius 1 is 1.00 bits per heavy atom. The van der Waals surface area contributed by atoms with Gasteiger partial charge >= 0.3 is 0 Å². The SMILES string of the molecule is CS(=O)(=O)OCCCOc1ccc(-n2c(N)c(C(=O)c3ccc(F)cc3)ccc2=O)cc1. The average Bonchev–Trinajstić information content (AvgIpc) is 2.74. The molecule has 0 aliphatic carbocycles. The standard InChI is InChI=1S/C22H21FN2O6S/c1-32(28,29)31-14-2-13-30-18-9-7-17(8-10-18)25-20(26)12-11-19(22(25)24)21(27)15-3-5-16(23)6-4-15/h3-12H,2,13-14,24H2,1H3. The number of nitrogens with two attached hydrogens (primary N) is 1. The molecule has 0 spiro atoms. The highest BCUT2D eigenvalue weighted by molar-refractivity contribution is 7.85. The minimum Gasteiger partial charge on any atom is -0.494 e. The maximum Gasteiger partial charge on any atom is 0.264 e. The molecule has 3 rings (SSSR count). The summed E-state index contributed by atoms with van der Waals surface area (Å²) in [5.74, 6) is -0.450. The molecule has 0 atom stereocenters. The number of nitrogen functional groups attached to an aromatic ring is 1. The van der Waals surface area contributed by atoms with Gasteiger partial charge in [0.05, 0.1) is 30.7 Å². The lowest BCUT2D eigenvalue weighted by Gasteiger charge is -2.14. The van der Waals surface area contributed by atoms with Gasteiger partial charge in [0.15, 0.2) is 5.78 Å². The van der Waals surface area contributed by atoms with Gasteiger partial charge in [-0.15, -0.1) is 0 Å². The summed E-state index contributed by atoms with van der Waals surface area (Å²) in [5.41, 5.74) is 6.50. The number of halogens is 1. The highest BCUT2D eigenvalue weighted by Gasteiger charge is 2.17. The second kappa shape index (κ2) is 9.75. The molecule has 0 saturated carbocycles. The molecule has 0 amide bonds. The van der Waals surface area contributed by atoms with Crippen molar-refractivity contribution in [2.75, 3.05) is 25.2 Å². The maximum atomic E-state index is 13.1. The summed E-state index contributed by atoms with van der Waals surface area (Å²) < 4.78 is 46.3. The molecule has 3 aromatic rings. The Morgan fingerprint density at radius 2 is 1.66 bits per heavy atom. The largest absolute Gasteiger partial charge is 0.494 e. The Balaban J connectivity index is 1.76. The number of pyridine rings is 1. The predicted molar refractivity (Wildman–Crippen MR) is 117 cm³/mol. The highest BCUT2D eigenvalue weighted by atomic mass is 32.2. The van der Waals surface area contributed by atoms with Crippen LogP contribution in [0.15, 0.2) is 65.5 Å². The van der Waals surface area contributed by atoms with Gasteiger partial charge in [-0.3, -0.25) is 18.3 Å². The number of rotatable bonds is 9. The number of ether oxygens (including phenoxy) is 1. The monoisotopic (exact) mass is 460 g/mol. The third-order valence-electron chi connectivity index (χ3n) is 4.43. The van der Waals surface area contributed by atoms with Crippen LogP contribution in [-0.4, -0.2) is 38.2 Å². The zero-order valence-electron chi connectivity index (χ0n) is 17.2. The summed E-state index contributed by atoms with van der Waals surface area (Å²) in [6.45, 7) is 0.246. The van der Waals surface area contributed by atoms with E-state index in [1.165, 1.54) is 41.0 Å². The minimum absolute atomic E-state index is 0.0116. The number of nitrogens with zero attached hydrogens (tertiary/aromatic N) is 1. The summed E-state index contributed by atoms with van der Waals surface area (Å²) >= 11 is 0. The van der Waals surface area contributed by atoms with Gasteiger partial charge in [0, 0.05) is 18.1 Å². The molecule has 1 aromatic heterocycles. The summed E-state index contributed by atoms with van der Waals surface area (Å²) in [6.07, 6.45) is 1.34. The number of carbonyl (C=O) groups excluding carboxylic acids is 1. The summed E-state index contributed by atoms with van der Waals surface area (Å²) in [6, 6.07) is 14.1. The molecule has 0 bridgehead atoms. The Hall–Kier alpha value is -3.50. The van der Waals surface area contributed by atoms with Crippen LogP contribution in [-0.2, 0) is 14.3 Å². The summed E-state index contributed by atoms with van der Waals surface area (Å²) in [5, 5.41) is 0. The fourth-order valence-electron chi connectivity index (χ4n) is 2.92. The van der Waals surface area contributed by atoms with Gasteiger partial charge in [-0.1, -0.05) is 0 Å². The number of hydrogen-bond acceptors (Lipinski definition) is 7. The van der Waals surface area contributed by atoms with Crippen LogP contribution in [0.25, 0.3) is 5.69 Å². The highest BCUT2D eigenvalue weighted by Crippen LogP contribution is 2.21. The van der Waals surface area contributed by atoms with Crippen LogP contribution >= 0.6 is 0 Å². The van der Waals surface area contributed by atoms with E-state index in [9.17, 15) is 22.4 Å². The fourth-order valence-corrected chi connectivity index (χ4v) is 3.34. The minimum atomic E-state index is -3.48. The Morgan fingerprint density at radius 3 is 2.28 bits per heavy atom. The predicted octanol–water partition coefficient (Wildman–Crippen LogP) is 2.53. The first-order chi connectivity index (χ1) is 15.2. The topological polar surface area (TPSA) is 118 Å². The van der Waals surface area contributed by atoms with Crippen molar-refractivity contribution in [3.05, 3.63) is 88.0 Å². The lowest BCUT2D eigenvalue weighted by Crippen LogP contribution is -2.23. The molecule has 2 N–H and O–H groups in total. The van der Waals surface area contributed by atoms with Gasteiger partial charge in [0.25, 0.3) is 15.7 Å². The normalized spacial score (nSPS) is 11.3. The van der Waals surface area contributed by atoms with Crippen LogP contribution in [0.2, 0.25) is 0 Å². The van der Waals surface area contributed by atoms with E-state index in [1.807, 2.05) is 0 Å². The van der Waals surface area contributed by atoms with Crippen molar-refractivity contribution in [3.8, 4) is 11.4 Å². The third-order valence-corrected chi connectivity index (χ3v) is 5.03. The molecule has 10 heteroatoms. The number of benzene rings is 2. The van der Waals surface area contributed by atoms with Crippen LogP contribution in [0.4, 0.5) is 10.2 Å². The number of anilines is 1. The Bertz CT molecular complexity index is 1270. The fraction of sp³-hybridized carbons (Fsp3) is 0.182. The van der Waals surface area contributed by atoms with Crippen molar-refractivity contribution < 1.29 is 26.5 Å². The lowest BCUT2D eigenvalue weighted by atomic mass is 10.0. The van der Waals surface area contributed by atoms with E-state index in [1.54, 1.807) is 24.3 Å². The van der Waals surface area contributed by atoms with Crippen LogP contribution in [0.3, 0.4) is 0 Å².